The number of phosphoric acid groups is 1. The second-order valence-electron chi connectivity index (χ2n) is 23.5. The first-order valence-corrected chi connectivity index (χ1v) is 33.8. The van der Waals surface area contributed by atoms with Gasteiger partial charge in [0, 0.05) is 6.42 Å². The number of aliphatic hydroxyl groups excluding tert-OH is 1. The van der Waals surface area contributed by atoms with Crippen LogP contribution in [-0.2, 0) is 18.4 Å². The fourth-order valence-electron chi connectivity index (χ4n) is 9.82. The van der Waals surface area contributed by atoms with Gasteiger partial charge in [0.15, 0.2) is 0 Å². The Kier molecular flexibility index (Phi) is 55.5. The molecule has 0 heterocycles. The molecule has 0 saturated heterocycles. The number of quaternary nitrogens is 1. The molecule has 0 aliphatic heterocycles. The number of phosphoric ester groups is 1. The predicted octanol–water partition coefficient (Wildman–Crippen LogP) is 19.5. The Morgan fingerprint density at radius 3 is 1.14 bits per heavy atom. The van der Waals surface area contributed by atoms with E-state index in [1.807, 2.05) is 21.1 Å². The standard InChI is InChI=1S/C65H127N2O6P/c1-6-8-10-12-14-16-18-20-22-24-26-28-30-32-33-35-36-38-40-42-44-46-48-50-52-54-56-58-64(68)63(62-73-74(70,71)72-61-60-67(3,4)5)66-65(69)59-57-55-53-51-49-47-45-43-41-39-37-34-31-29-27-25-23-21-19-17-15-13-11-9-7-2/h19,21,25,27,31,34,63-64,68H,6-18,20,22-24,26,28-30,32-33,35-62H2,1-5H3,(H-,66,69,70,71)/b21-19-,27-25-,34-31-. The van der Waals surface area contributed by atoms with Gasteiger partial charge in [0.1, 0.15) is 13.2 Å². The van der Waals surface area contributed by atoms with E-state index in [9.17, 15) is 19.4 Å². The number of allylic oxidation sites excluding steroid dienone is 6. The van der Waals surface area contributed by atoms with Gasteiger partial charge in [-0.2, -0.15) is 0 Å². The maximum absolute atomic E-state index is 13.0. The molecule has 0 aromatic carbocycles. The molecule has 9 heteroatoms. The summed E-state index contributed by atoms with van der Waals surface area (Å²) < 4.78 is 23.5. The van der Waals surface area contributed by atoms with E-state index in [4.69, 9.17) is 9.05 Å². The number of hydrogen-bond acceptors (Lipinski definition) is 6. The van der Waals surface area contributed by atoms with E-state index >= 15 is 0 Å². The normalized spacial score (nSPS) is 14.0. The van der Waals surface area contributed by atoms with Crippen molar-refractivity contribution in [3.05, 3.63) is 36.5 Å². The lowest BCUT2D eigenvalue weighted by Crippen LogP contribution is -2.46. The van der Waals surface area contributed by atoms with E-state index in [0.29, 0.717) is 23.9 Å². The Hall–Kier alpha value is -1.28. The van der Waals surface area contributed by atoms with Crippen LogP contribution < -0.4 is 10.2 Å². The highest BCUT2D eigenvalue weighted by Crippen LogP contribution is 2.38. The first-order valence-electron chi connectivity index (χ1n) is 32.3. The molecule has 0 aliphatic rings. The number of carbonyl (C=O) groups is 1. The van der Waals surface area contributed by atoms with Crippen molar-refractivity contribution in [2.75, 3.05) is 40.9 Å². The van der Waals surface area contributed by atoms with Crippen LogP contribution in [0.1, 0.15) is 322 Å². The van der Waals surface area contributed by atoms with Crippen LogP contribution in [0.15, 0.2) is 36.5 Å². The van der Waals surface area contributed by atoms with Gasteiger partial charge in [0.05, 0.1) is 39.9 Å². The van der Waals surface area contributed by atoms with Crippen molar-refractivity contribution in [1.29, 1.82) is 0 Å². The Bertz CT molecular complexity index is 1300. The van der Waals surface area contributed by atoms with Gasteiger partial charge in [-0.25, -0.2) is 0 Å². The minimum absolute atomic E-state index is 0.0118. The van der Waals surface area contributed by atoms with Crippen LogP contribution in [0, 0.1) is 0 Å². The van der Waals surface area contributed by atoms with Gasteiger partial charge in [0.25, 0.3) is 7.82 Å². The molecule has 1 amide bonds. The summed E-state index contributed by atoms with van der Waals surface area (Å²) in [6, 6.07) is -0.805. The molecule has 3 unspecified atom stereocenters. The lowest BCUT2D eigenvalue weighted by Gasteiger charge is -2.30. The van der Waals surface area contributed by atoms with Gasteiger partial charge in [-0.05, 0) is 51.4 Å². The van der Waals surface area contributed by atoms with E-state index in [2.05, 4.69) is 55.6 Å². The number of rotatable bonds is 60. The SMILES string of the molecule is CCCCCCC/C=C\C/C=C\C/C=C\CCCCCCCCCCCCC(=O)NC(COP(=O)([O-])OCC[N+](C)(C)C)C(O)CCCCCCCCCCCCCCCCCCCCCCCCCCCCC. The average Bonchev–Trinajstić information content (AvgIpc) is 3.36. The third-order valence-corrected chi connectivity index (χ3v) is 15.8. The summed E-state index contributed by atoms with van der Waals surface area (Å²) in [4.78, 5) is 25.6. The summed E-state index contributed by atoms with van der Waals surface area (Å²) in [6.07, 6.45) is 73.4. The number of nitrogens with one attached hydrogen (secondary N) is 1. The molecule has 0 bridgehead atoms. The van der Waals surface area contributed by atoms with Gasteiger partial charge >= 0.3 is 0 Å². The van der Waals surface area contributed by atoms with Crippen molar-refractivity contribution >= 4 is 13.7 Å². The Morgan fingerprint density at radius 1 is 0.473 bits per heavy atom. The Morgan fingerprint density at radius 2 is 0.784 bits per heavy atom. The minimum Gasteiger partial charge on any atom is -0.756 e. The summed E-state index contributed by atoms with van der Waals surface area (Å²) in [7, 11) is 1.31. The van der Waals surface area contributed by atoms with Crippen molar-refractivity contribution in [2.24, 2.45) is 0 Å². The zero-order valence-electron chi connectivity index (χ0n) is 50.1. The number of amides is 1. The quantitative estimate of drug-likeness (QED) is 0.0272. The summed E-state index contributed by atoms with van der Waals surface area (Å²) in [5.74, 6) is -0.164. The lowest BCUT2D eigenvalue weighted by atomic mass is 10.0. The van der Waals surface area contributed by atoms with E-state index < -0.39 is 20.0 Å². The first kappa shape index (κ1) is 72.7. The first-order chi connectivity index (χ1) is 36.0. The van der Waals surface area contributed by atoms with Crippen molar-refractivity contribution in [2.45, 2.75) is 334 Å². The molecule has 0 radical (unpaired) electrons. The van der Waals surface area contributed by atoms with Crippen LogP contribution in [-0.4, -0.2) is 68.5 Å². The molecular weight excluding hydrogens is 936 g/mol. The molecule has 0 rings (SSSR count). The van der Waals surface area contributed by atoms with E-state index in [1.54, 1.807) is 0 Å². The van der Waals surface area contributed by atoms with Crippen LogP contribution in [0.5, 0.6) is 0 Å². The van der Waals surface area contributed by atoms with Crippen molar-refractivity contribution in [1.82, 2.24) is 5.32 Å². The Labute approximate surface area is 461 Å². The van der Waals surface area contributed by atoms with Gasteiger partial charge in [-0.15, -0.1) is 0 Å². The Balaban J connectivity index is 4.10. The summed E-state index contributed by atoms with van der Waals surface area (Å²) in [6.45, 7) is 4.75. The molecular formula is C65H127N2O6P. The highest BCUT2D eigenvalue weighted by atomic mass is 31.2. The fourth-order valence-corrected chi connectivity index (χ4v) is 10.5. The van der Waals surface area contributed by atoms with Gasteiger partial charge in [-0.1, -0.05) is 301 Å². The summed E-state index contributed by atoms with van der Waals surface area (Å²) in [5, 5.41) is 14.1. The van der Waals surface area contributed by atoms with Gasteiger partial charge in [-0.3, -0.25) is 9.36 Å². The molecule has 2 N–H and O–H groups in total. The van der Waals surface area contributed by atoms with Crippen LogP contribution in [0.25, 0.3) is 0 Å². The van der Waals surface area contributed by atoms with E-state index in [0.717, 1.165) is 51.4 Å². The summed E-state index contributed by atoms with van der Waals surface area (Å²) >= 11 is 0. The molecule has 3 atom stereocenters. The van der Waals surface area contributed by atoms with Crippen molar-refractivity contribution < 1.29 is 32.9 Å². The zero-order valence-corrected chi connectivity index (χ0v) is 51.0. The molecule has 74 heavy (non-hydrogen) atoms. The van der Waals surface area contributed by atoms with Crippen molar-refractivity contribution in [3.63, 3.8) is 0 Å². The molecule has 0 saturated carbocycles. The van der Waals surface area contributed by atoms with Gasteiger partial charge < -0.3 is 28.8 Å². The molecule has 0 aromatic rings. The number of aliphatic hydroxyl groups is 1. The third-order valence-electron chi connectivity index (χ3n) is 14.9. The zero-order chi connectivity index (χ0) is 54.2. The van der Waals surface area contributed by atoms with Crippen LogP contribution in [0.4, 0.5) is 0 Å². The highest BCUT2D eigenvalue weighted by Gasteiger charge is 2.24. The fraction of sp³-hybridized carbons (Fsp3) is 0.892. The maximum atomic E-state index is 13.0. The van der Waals surface area contributed by atoms with E-state index in [-0.39, 0.29) is 19.1 Å². The van der Waals surface area contributed by atoms with Crippen LogP contribution in [0.2, 0.25) is 0 Å². The molecule has 0 aromatic heterocycles. The maximum Gasteiger partial charge on any atom is 0.268 e. The molecule has 438 valence electrons. The molecule has 0 aliphatic carbocycles. The average molecular weight is 1060 g/mol. The van der Waals surface area contributed by atoms with Crippen LogP contribution >= 0.6 is 7.82 Å². The minimum atomic E-state index is -4.58. The molecule has 0 fully saturated rings. The van der Waals surface area contributed by atoms with E-state index in [1.165, 1.54) is 244 Å². The second kappa shape index (κ2) is 56.4. The number of nitrogens with zero attached hydrogens (tertiary/aromatic N) is 1. The number of unbranched alkanes of at least 4 members (excludes halogenated alkanes) is 41. The molecule has 8 nitrogen and oxygen atoms in total. The lowest BCUT2D eigenvalue weighted by molar-refractivity contribution is -0.870. The predicted molar refractivity (Wildman–Crippen MR) is 321 cm³/mol. The summed E-state index contributed by atoms with van der Waals surface area (Å²) in [5.41, 5.74) is 0. The van der Waals surface area contributed by atoms with Gasteiger partial charge in [0.2, 0.25) is 5.91 Å². The van der Waals surface area contributed by atoms with Crippen LogP contribution in [0.3, 0.4) is 0 Å². The smallest absolute Gasteiger partial charge is 0.268 e. The highest BCUT2D eigenvalue weighted by molar-refractivity contribution is 7.45. The van der Waals surface area contributed by atoms with Crippen molar-refractivity contribution in [3.8, 4) is 0 Å². The second-order valence-corrected chi connectivity index (χ2v) is 24.9. The third kappa shape index (κ3) is 58.4. The number of likely N-dealkylation sites (N-methyl/N-ethyl adjacent to an activating group) is 1. The topological polar surface area (TPSA) is 108 Å². The number of carbonyl (C=O) groups excluding carboxylic acids is 1. The number of hydrogen-bond donors (Lipinski definition) is 2. The monoisotopic (exact) mass is 1060 g/mol. The molecule has 0 spiro atoms. The largest absolute Gasteiger partial charge is 0.756 e.